The van der Waals surface area contributed by atoms with Crippen LogP contribution in [-0.2, 0) is 4.79 Å². The molecule has 1 amide bonds. The van der Waals surface area contributed by atoms with Crippen molar-refractivity contribution in [1.29, 1.82) is 0 Å². The van der Waals surface area contributed by atoms with Gasteiger partial charge in [-0.1, -0.05) is 12.1 Å². The number of carbonyl (C=O) groups is 1. The lowest BCUT2D eigenvalue weighted by Crippen LogP contribution is -2.52. The van der Waals surface area contributed by atoms with Crippen LogP contribution in [0.4, 0.5) is 23.2 Å². The number of carbonyl (C=O) groups excluding carboxylic acids is 1. The second-order valence-electron chi connectivity index (χ2n) is 4.23. The number of amides is 1. The van der Waals surface area contributed by atoms with Gasteiger partial charge < -0.3 is 9.80 Å². The van der Waals surface area contributed by atoms with E-state index >= 15 is 0 Å². The van der Waals surface area contributed by atoms with Gasteiger partial charge in [-0.15, -0.1) is 0 Å². The minimum atomic E-state index is -4.85. The van der Waals surface area contributed by atoms with E-state index in [4.69, 9.17) is 0 Å². The van der Waals surface area contributed by atoms with Crippen molar-refractivity contribution in [2.75, 3.05) is 31.1 Å². The molecule has 1 aromatic carbocycles. The highest BCUT2D eigenvalue weighted by Crippen LogP contribution is 2.23. The van der Waals surface area contributed by atoms with Crippen LogP contribution >= 0.6 is 0 Å². The lowest BCUT2D eigenvalue weighted by Gasteiger charge is -2.36. The molecule has 0 N–H and O–H groups in total. The molecule has 0 aliphatic carbocycles. The van der Waals surface area contributed by atoms with Crippen molar-refractivity contribution in [2.24, 2.45) is 0 Å². The maximum Gasteiger partial charge on any atom is 0.471 e. The summed E-state index contributed by atoms with van der Waals surface area (Å²) in [4.78, 5) is 13.4. The lowest BCUT2D eigenvalue weighted by atomic mass is 10.2. The largest absolute Gasteiger partial charge is 0.471 e. The summed E-state index contributed by atoms with van der Waals surface area (Å²) in [6.07, 6.45) is -4.85. The quantitative estimate of drug-likeness (QED) is 0.733. The number of halogens is 4. The molecule has 0 unspecified atom stereocenters. The Morgan fingerprint density at radius 2 is 1.63 bits per heavy atom. The maximum atomic E-state index is 13.5. The summed E-state index contributed by atoms with van der Waals surface area (Å²) in [6.45, 7) is 0.241. The first-order chi connectivity index (χ1) is 8.89. The van der Waals surface area contributed by atoms with Crippen molar-refractivity contribution in [3.8, 4) is 0 Å². The fourth-order valence-electron chi connectivity index (χ4n) is 2.04. The number of para-hydroxylation sites is 1. The Morgan fingerprint density at radius 3 is 2.16 bits per heavy atom. The minimum absolute atomic E-state index is 0.0628. The lowest BCUT2D eigenvalue weighted by molar-refractivity contribution is -0.185. The van der Waals surface area contributed by atoms with Crippen LogP contribution in [0, 0.1) is 5.82 Å². The van der Waals surface area contributed by atoms with Crippen molar-refractivity contribution in [2.45, 2.75) is 6.18 Å². The number of rotatable bonds is 1. The smallest absolute Gasteiger partial charge is 0.366 e. The Morgan fingerprint density at radius 1 is 1.05 bits per heavy atom. The molecule has 1 heterocycles. The molecule has 0 spiro atoms. The number of anilines is 1. The van der Waals surface area contributed by atoms with Crippen molar-refractivity contribution < 1.29 is 22.4 Å². The minimum Gasteiger partial charge on any atom is -0.366 e. The molecule has 0 atom stereocenters. The molecule has 104 valence electrons. The van der Waals surface area contributed by atoms with Crippen LogP contribution in [-0.4, -0.2) is 43.2 Å². The Kier molecular flexibility index (Phi) is 3.64. The van der Waals surface area contributed by atoms with E-state index in [9.17, 15) is 22.4 Å². The van der Waals surface area contributed by atoms with Crippen molar-refractivity contribution >= 4 is 11.6 Å². The highest BCUT2D eigenvalue weighted by molar-refractivity contribution is 5.82. The number of hydrogen-bond acceptors (Lipinski definition) is 2. The van der Waals surface area contributed by atoms with E-state index in [1.165, 1.54) is 6.07 Å². The van der Waals surface area contributed by atoms with Gasteiger partial charge in [-0.05, 0) is 12.1 Å². The van der Waals surface area contributed by atoms with Crippen molar-refractivity contribution in [1.82, 2.24) is 4.90 Å². The van der Waals surface area contributed by atoms with E-state index in [0.29, 0.717) is 5.69 Å². The van der Waals surface area contributed by atoms with Crippen LogP contribution in [0.5, 0.6) is 0 Å². The van der Waals surface area contributed by atoms with Gasteiger partial charge in [0.2, 0.25) is 0 Å². The van der Waals surface area contributed by atoms with E-state index in [-0.39, 0.29) is 26.2 Å². The zero-order valence-corrected chi connectivity index (χ0v) is 9.95. The van der Waals surface area contributed by atoms with Gasteiger partial charge >= 0.3 is 12.1 Å². The third kappa shape index (κ3) is 2.97. The molecular formula is C12H12F4N2O. The highest BCUT2D eigenvalue weighted by Gasteiger charge is 2.43. The second-order valence-corrected chi connectivity index (χ2v) is 4.23. The third-order valence-corrected chi connectivity index (χ3v) is 3.00. The number of benzene rings is 1. The fraction of sp³-hybridized carbons (Fsp3) is 0.417. The fourth-order valence-corrected chi connectivity index (χ4v) is 2.04. The zero-order chi connectivity index (χ0) is 14.0. The number of nitrogens with zero attached hydrogens (tertiary/aromatic N) is 2. The summed E-state index contributed by atoms with van der Waals surface area (Å²) >= 11 is 0. The maximum absolute atomic E-state index is 13.5. The molecule has 0 aromatic heterocycles. The van der Waals surface area contributed by atoms with Gasteiger partial charge in [0.1, 0.15) is 5.82 Å². The highest BCUT2D eigenvalue weighted by atomic mass is 19.4. The topological polar surface area (TPSA) is 23.6 Å². The molecule has 1 aliphatic rings. The monoisotopic (exact) mass is 276 g/mol. The molecule has 7 heteroatoms. The molecule has 19 heavy (non-hydrogen) atoms. The Labute approximate surface area is 107 Å². The first kappa shape index (κ1) is 13.6. The normalized spacial score (nSPS) is 16.6. The Bertz CT molecular complexity index is 467. The van der Waals surface area contributed by atoms with Gasteiger partial charge in [0.05, 0.1) is 5.69 Å². The summed E-state index contributed by atoms with van der Waals surface area (Å²) in [7, 11) is 0. The third-order valence-electron chi connectivity index (χ3n) is 3.00. The Hall–Kier alpha value is -1.79. The standard InChI is InChI=1S/C12H12F4N2O/c13-9-3-1-2-4-10(9)17-5-7-18(8-6-17)11(19)12(14,15)16/h1-4H,5-8H2. The van der Waals surface area contributed by atoms with Crippen LogP contribution in [0.15, 0.2) is 24.3 Å². The van der Waals surface area contributed by atoms with E-state index in [1.807, 2.05) is 0 Å². The molecule has 3 nitrogen and oxygen atoms in total. The Balaban J connectivity index is 2.00. The van der Waals surface area contributed by atoms with Crippen molar-refractivity contribution in [3.63, 3.8) is 0 Å². The molecule has 0 radical (unpaired) electrons. The first-order valence-corrected chi connectivity index (χ1v) is 5.75. The molecule has 1 fully saturated rings. The van der Waals surface area contributed by atoms with Gasteiger partial charge in [-0.25, -0.2) is 4.39 Å². The van der Waals surface area contributed by atoms with Crippen LogP contribution in [0.2, 0.25) is 0 Å². The molecule has 1 aliphatic heterocycles. The van der Waals surface area contributed by atoms with Crippen LogP contribution in [0.3, 0.4) is 0 Å². The van der Waals surface area contributed by atoms with Gasteiger partial charge in [0, 0.05) is 26.2 Å². The second kappa shape index (κ2) is 5.07. The molecule has 2 rings (SSSR count). The molecule has 1 saturated heterocycles. The summed E-state index contributed by atoms with van der Waals surface area (Å²) in [6, 6.07) is 6.06. The van der Waals surface area contributed by atoms with Gasteiger partial charge in [0.25, 0.3) is 0 Å². The van der Waals surface area contributed by atoms with Crippen molar-refractivity contribution in [3.05, 3.63) is 30.1 Å². The van der Waals surface area contributed by atoms with E-state index in [0.717, 1.165) is 4.90 Å². The SMILES string of the molecule is O=C(N1CCN(c2ccccc2F)CC1)C(F)(F)F. The van der Waals surface area contributed by atoms with Gasteiger partial charge in [-0.2, -0.15) is 13.2 Å². The van der Waals surface area contributed by atoms with E-state index in [2.05, 4.69) is 0 Å². The average Bonchev–Trinajstić information content (AvgIpc) is 2.38. The number of hydrogen-bond donors (Lipinski definition) is 0. The van der Waals surface area contributed by atoms with Crippen LogP contribution in [0.1, 0.15) is 0 Å². The molecule has 0 saturated carbocycles. The van der Waals surface area contributed by atoms with Gasteiger partial charge in [0.15, 0.2) is 0 Å². The predicted molar refractivity (Wildman–Crippen MR) is 61.2 cm³/mol. The first-order valence-electron chi connectivity index (χ1n) is 5.75. The molecule has 1 aromatic rings. The summed E-state index contributed by atoms with van der Waals surface area (Å²) < 4.78 is 50.3. The number of piperazine rings is 1. The van der Waals surface area contributed by atoms with E-state index in [1.54, 1.807) is 23.1 Å². The molecule has 0 bridgehead atoms. The summed E-state index contributed by atoms with van der Waals surface area (Å²) in [5.41, 5.74) is 0.349. The van der Waals surface area contributed by atoms with Crippen LogP contribution in [0.25, 0.3) is 0 Å². The van der Waals surface area contributed by atoms with Gasteiger partial charge in [-0.3, -0.25) is 4.79 Å². The van der Waals surface area contributed by atoms with Crippen LogP contribution < -0.4 is 4.90 Å². The predicted octanol–water partition coefficient (Wildman–Crippen LogP) is 2.04. The number of alkyl halides is 3. The summed E-state index contributed by atoms with van der Waals surface area (Å²) in [5, 5.41) is 0. The average molecular weight is 276 g/mol. The summed E-state index contributed by atoms with van der Waals surface area (Å²) in [5.74, 6) is -2.25. The zero-order valence-electron chi connectivity index (χ0n) is 9.95. The molecular weight excluding hydrogens is 264 g/mol. The van der Waals surface area contributed by atoms with E-state index < -0.39 is 17.9 Å².